The van der Waals surface area contributed by atoms with Crippen LogP contribution in [0.15, 0.2) is 54.6 Å². The van der Waals surface area contributed by atoms with Gasteiger partial charge in [-0.15, -0.1) is 0 Å². The van der Waals surface area contributed by atoms with Crippen molar-refractivity contribution in [3.05, 3.63) is 65.2 Å². The number of halogens is 1. The van der Waals surface area contributed by atoms with Crippen LogP contribution in [0.25, 0.3) is 0 Å². The van der Waals surface area contributed by atoms with Crippen molar-refractivity contribution in [3.63, 3.8) is 0 Å². The molecule has 1 aliphatic heterocycles. The number of piperidine rings is 1. The predicted octanol–water partition coefficient (Wildman–Crippen LogP) is 4.80. The molecule has 2 aromatic carbocycles. The maximum absolute atomic E-state index is 12.2. The molecule has 0 atom stereocenters. The van der Waals surface area contributed by atoms with Crippen LogP contribution in [-0.2, 0) is 11.3 Å². The topological polar surface area (TPSA) is 41.6 Å². The third-order valence-electron chi connectivity index (χ3n) is 4.53. The van der Waals surface area contributed by atoms with Crippen molar-refractivity contribution in [2.45, 2.75) is 19.4 Å². The van der Waals surface area contributed by atoms with E-state index in [4.69, 9.17) is 16.3 Å². The first kappa shape index (κ1) is 17.6. The van der Waals surface area contributed by atoms with E-state index in [1.54, 1.807) is 4.90 Å². The summed E-state index contributed by atoms with van der Waals surface area (Å²) < 4.78 is 5.40. The Bertz CT molecular complexity index is 685. The molecule has 0 aromatic heterocycles. The lowest BCUT2D eigenvalue weighted by Gasteiger charge is -2.31. The summed E-state index contributed by atoms with van der Waals surface area (Å²) in [6.07, 6.45) is 1.72. The van der Waals surface area contributed by atoms with Crippen LogP contribution in [0.4, 0.5) is 10.5 Å². The molecule has 1 amide bonds. The van der Waals surface area contributed by atoms with E-state index in [0.29, 0.717) is 12.5 Å². The number of nitrogens with one attached hydrogen (secondary N) is 1. The minimum atomic E-state index is -0.221. The molecule has 0 aliphatic carbocycles. The van der Waals surface area contributed by atoms with E-state index >= 15 is 0 Å². The summed E-state index contributed by atoms with van der Waals surface area (Å²) in [6, 6.07) is 17.5. The monoisotopic (exact) mass is 358 g/mol. The van der Waals surface area contributed by atoms with Gasteiger partial charge in [0, 0.05) is 19.6 Å². The summed E-state index contributed by atoms with van der Waals surface area (Å²) in [5, 5.41) is 4.15. The normalized spacial score (nSPS) is 15.0. The van der Waals surface area contributed by atoms with Crippen molar-refractivity contribution in [2.75, 3.05) is 25.0 Å². The second-order valence-electron chi connectivity index (χ2n) is 6.33. The fraction of sp³-hybridized carbons (Fsp3) is 0.350. The number of para-hydroxylation sites is 1. The number of hydrogen-bond acceptors (Lipinski definition) is 3. The Morgan fingerprint density at radius 3 is 2.48 bits per heavy atom. The summed E-state index contributed by atoms with van der Waals surface area (Å²) in [5.74, 6) is 0.537. The van der Waals surface area contributed by atoms with Crippen molar-refractivity contribution in [1.82, 2.24) is 4.90 Å². The van der Waals surface area contributed by atoms with Crippen LogP contribution in [0.2, 0.25) is 5.02 Å². The lowest BCUT2D eigenvalue weighted by atomic mass is 9.97. The average molecular weight is 359 g/mol. The quantitative estimate of drug-likeness (QED) is 0.834. The van der Waals surface area contributed by atoms with Crippen LogP contribution in [-0.4, -0.2) is 30.6 Å². The number of likely N-dealkylation sites (tertiary alicyclic amines) is 1. The fourth-order valence-electron chi connectivity index (χ4n) is 2.99. The Hall–Kier alpha value is -2.20. The van der Waals surface area contributed by atoms with Crippen molar-refractivity contribution in [1.29, 1.82) is 0 Å². The van der Waals surface area contributed by atoms with Crippen LogP contribution in [0.1, 0.15) is 18.4 Å². The number of amides is 1. The van der Waals surface area contributed by atoms with Gasteiger partial charge < -0.3 is 15.0 Å². The molecule has 0 radical (unpaired) electrons. The van der Waals surface area contributed by atoms with Crippen LogP contribution < -0.4 is 5.32 Å². The molecule has 3 rings (SSSR count). The van der Waals surface area contributed by atoms with Gasteiger partial charge in [-0.25, -0.2) is 4.79 Å². The van der Waals surface area contributed by atoms with Crippen LogP contribution in [0.3, 0.4) is 0 Å². The molecule has 1 aliphatic rings. The molecule has 1 saturated heterocycles. The SMILES string of the molecule is O=C(OCc1ccccc1)N1CCC(CNc2ccccc2Cl)CC1. The lowest BCUT2D eigenvalue weighted by molar-refractivity contribution is 0.0832. The van der Waals surface area contributed by atoms with E-state index in [1.165, 1.54) is 0 Å². The van der Waals surface area contributed by atoms with Crippen molar-refractivity contribution in [2.24, 2.45) is 5.92 Å². The summed E-state index contributed by atoms with van der Waals surface area (Å²) in [6.45, 7) is 2.68. The largest absolute Gasteiger partial charge is 0.445 e. The first-order valence-corrected chi connectivity index (χ1v) is 9.04. The minimum absolute atomic E-state index is 0.221. The molecule has 0 saturated carbocycles. The number of carbonyl (C=O) groups is 1. The number of hydrogen-bond donors (Lipinski definition) is 1. The maximum atomic E-state index is 12.2. The van der Waals surface area contributed by atoms with Gasteiger partial charge in [-0.1, -0.05) is 54.1 Å². The zero-order chi connectivity index (χ0) is 17.5. The second-order valence-corrected chi connectivity index (χ2v) is 6.74. The molecule has 0 unspecified atom stereocenters. The number of nitrogens with zero attached hydrogens (tertiary/aromatic N) is 1. The van der Waals surface area contributed by atoms with E-state index in [9.17, 15) is 4.79 Å². The van der Waals surface area contributed by atoms with E-state index in [1.807, 2.05) is 54.6 Å². The van der Waals surface area contributed by atoms with Crippen LogP contribution >= 0.6 is 11.6 Å². The fourth-order valence-corrected chi connectivity index (χ4v) is 3.19. The molecule has 4 nitrogen and oxygen atoms in total. The summed E-state index contributed by atoms with van der Waals surface area (Å²) >= 11 is 6.16. The molecule has 1 heterocycles. The van der Waals surface area contributed by atoms with Crippen molar-refractivity contribution < 1.29 is 9.53 Å². The highest BCUT2D eigenvalue weighted by atomic mass is 35.5. The highest BCUT2D eigenvalue weighted by Crippen LogP contribution is 2.23. The smallest absolute Gasteiger partial charge is 0.410 e. The molecule has 0 spiro atoms. The average Bonchev–Trinajstić information content (AvgIpc) is 2.67. The van der Waals surface area contributed by atoms with Gasteiger partial charge in [0.05, 0.1) is 10.7 Å². The summed E-state index contributed by atoms with van der Waals surface area (Å²) in [5.41, 5.74) is 1.98. The molecular formula is C20H23ClN2O2. The molecule has 1 N–H and O–H groups in total. The van der Waals surface area contributed by atoms with Gasteiger partial charge >= 0.3 is 6.09 Å². The van der Waals surface area contributed by atoms with Gasteiger partial charge in [0.15, 0.2) is 0 Å². The number of anilines is 1. The standard InChI is InChI=1S/C20H23ClN2O2/c21-18-8-4-5-9-19(18)22-14-16-10-12-23(13-11-16)20(24)25-15-17-6-2-1-3-7-17/h1-9,16,22H,10-15H2. The zero-order valence-electron chi connectivity index (χ0n) is 14.2. The van der Waals surface area contributed by atoms with Gasteiger partial charge in [-0.05, 0) is 36.5 Å². The molecule has 5 heteroatoms. The van der Waals surface area contributed by atoms with E-state index in [-0.39, 0.29) is 6.09 Å². The molecule has 1 fully saturated rings. The summed E-state index contributed by atoms with van der Waals surface area (Å²) in [4.78, 5) is 14.0. The summed E-state index contributed by atoms with van der Waals surface area (Å²) in [7, 11) is 0. The third-order valence-corrected chi connectivity index (χ3v) is 4.86. The third kappa shape index (κ3) is 5.13. The van der Waals surface area contributed by atoms with Crippen LogP contribution in [0.5, 0.6) is 0 Å². The maximum Gasteiger partial charge on any atom is 0.410 e. The first-order chi connectivity index (χ1) is 12.2. The van der Waals surface area contributed by atoms with Gasteiger partial charge in [-0.3, -0.25) is 0 Å². The highest BCUT2D eigenvalue weighted by molar-refractivity contribution is 6.33. The number of carbonyl (C=O) groups excluding carboxylic acids is 1. The molecule has 0 bridgehead atoms. The van der Waals surface area contributed by atoms with Crippen LogP contribution in [0, 0.1) is 5.92 Å². The van der Waals surface area contributed by atoms with E-state index in [0.717, 1.165) is 48.7 Å². The zero-order valence-corrected chi connectivity index (χ0v) is 14.9. The first-order valence-electron chi connectivity index (χ1n) is 8.66. The van der Waals surface area contributed by atoms with Gasteiger partial charge in [0.1, 0.15) is 6.61 Å². The number of ether oxygens (including phenoxy) is 1. The number of benzene rings is 2. The Kier molecular flexibility index (Phi) is 6.18. The molecular weight excluding hydrogens is 336 g/mol. The van der Waals surface area contributed by atoms with Gasteiger partial charge in [-0.2, -0.15) is 0 Å². The van der Waals surface area contributed by atoms with Crippen molar-refractivity contribution >= 4 is 23.4 Å². The second kappa shape index (κ2) is 8.77. The Morgan fingerprint density at radius 1 is 1.08 bits per heavy atom. The Morgan fingerprint density at radius 2 is 1.76 bits per heavy atom. The lowest BCUT2D eigenvalue weighted by Crippen LogP contribution is -2.40. The van der Waals surface area contributed by atoms with E-state index < -0.39 is 0 Å². The molecule has 132 valence electrons. The predicted molar refractivity (Wildman–Crippen MR) is 101 cm³/mol. The van der Waals surface area contributed by atoms with Gasteiger partial charge in [0.2, 0.25) is 0 Å². The Balaban J connectivity index is 1.39. The number of rotatable bonds is 5. The highest BCUT2D eigenvalue weighted by Gasteiger charge is 2.23. The van der Waals surface area contributed by atoms with Gasteiger partial charge in [0.25, 0.3) is 0 Å². The molecule has 2 aromatic rings. The van der Waals surface area contributed by atoms with Crippen molar-refractivity contribution in [3.8, 4) is 0 Å². The molecule has 25 heavy (non-hydrogen) atoms. The van der Waals surface area contributed by atoms with E-state index in [2.05, 4.69) is 5.32 Å². The minimum Gasteiger partial charge on any atom is -0.445 e. The Labute approximate surface area is 153 Å².